The van der Waals surface area contributed by atoms with Crippen LogP contribution in [0.15, 0.2) is 23.0 Å². The highest BCUT2D eigenvalue weighted by Crippen LogP contribution is 2.33. The van der Waals surface area contributed by atoms with Crippen LogP contribution in [0.1, 0.15) is 0 Å². The van der Waals surface area contributed by atoms with Gasteiger partial charge in [-0.2, -0.15) is 0 Å². The fraction of sp³-hybridized carbons (Fsp3) is 0. The number of hydrogen-bond donors (Lipinski definition) is 2. The van der Waals surface area contributed by atoms with Crippen LogP contribution >= 0.6 is 11.6 Å². The molecular formula is C10H5ClFN5O2. The molecule has 1 aromatic carbocycles. The average Bonchev–Trinajstić information content (AvgIpc) is 2.81. The minimum absolute atomic E-state index is 0.00627. The van der Waals surface area contributed by atoms with Gasteiger partial charge in [-0.1, -0.05) is 22.8 Å². The van der Waals surface area contributed by atoms with Gasteiger partial charge in [-0.05, 0) is 22.6 Å². The molecule has 0 spiro atoms. The van der Waals surface area contributed by atoms with E-state index in [-0.39, 0.29) is 21.9 Å². The molecule has 0 unspecified atom stereocenters. The van der Waals surface area contributed by atoms with Crippen molar-refractivity contribution in [2.45, 2.75) is 0 Å². The minimum atomic E-state index is -0.744. The van der Waals surface area contributed by atoms with Crippen molar-refractivity contribution < 1.29 is 9.50 Å². The maximum atomic E-state index is 13.8. The predicted molar refractivity (Wildman–Crippen MR) is 63.5 cm³/mol. The molecule has 0 radical (unpaired) electrons. The van der Waals surface area contributed by atoms with E-state index in [1.54, 1.807) is 0 Å². The minimum Gasteiger partial charge on any atom is -0.493 e. The number of benzene rings is 1. The number of fused-ring (bicyclic) bond motifs is 1. The number of tetrazole rings is 1. The van der Waals surface area contributed by atoms with Crippen molar-refractivity contribution in [3.63, 3.8) is 0 Å². The molecule has 0 aliphatic carbocycles. The Morgan fingerprint density at radius 2 is 2.16 bits per heavy atom. The second-order valence-corrected chi connectivity index (χ2v) is 4.07. The Labute approximate surface area is 109 Å². The Bertz CT molecular complexity index is 823. The van der Waals surface area contributed by atoms with Gasteiger partial charge in [0.25, 0.3) is 11.3 Å². The lowest BCUT2D eigenvalue weighted by Gasteiger charge is -2.07. The standard InChI is InChI=1S/C10H5ClFN5O2/c11-4-2-1-3-5(12)6(4)7-8(18)13-10-14-15-16-17(10)9(7)19/h1-3,19H,(H,13,14,16,18). The van der Waals surface area contributed by atoms with E-state index in [1.165, 1.54) is 12.1 Å². The number of rotatable bonds is 1. The molecule has 0 bridgehead atoms. The van der Waals surface area contributed by atoms with Crippen LogP contribution < -0.4 is 5.56 Å². The Kier molecular flexibility index (Phi) is 2.46. The first kappa shape index (κ1) is 11.6. The third-order valence-corrected chi connectivity index (χ3v) is 2.87. The highest BCUT2D eigenvalue weighted by atomic mass is 35.5. The zero-order chi connectivity index (χ0) is 13.6. The molecule has 0 saturated carbocycles. The lowest BCUT2D eigenvalue weighted by atomic mass is 10.1. The first-order chi connectivity index (χ1) is 9.09. The number of nitrogens with one attached hydrogen (secondary N) is 1. The van der Waals surface area contributed by atoms with Crippen molar-refractivity contribution in [1.82, 2.24) is 25.0 Å². The highest BCUT2D eigenvalue weighted by molar-refractivity contribution is 6.33. The molecule has 7 nitrogen and oxygen atoms in total. The summed E-state index contributed by atoms with van der Waals surface area (Å²) >= 11 is 5.87. The smallest absolute Gasteiger partial charge is 0.264 e. The maximum absolute atomic E-state index is 13.8. The molecule has 3 rings (SSSR count). The number of H-pyrrole nitrogens is 1. The zero-order valence-electron chi connectivity index (χ0n) is 9.13. The maximum Gasteiger partial charge on any atom is 0.264 e. The van der Waals surface area contributed by atoms with Crippen LogP contribution in [0.25, 0.3) is 16.9 Å². The molecule has 0 atom stereocenters. The second kappa shape index (κ2) is 4.02. The van der Waals surface area contributed by atoms with Gasteiger partial charge in [-0.3, -0.25) is 9.78 Å². The summed E-state index contributed by atoms with van der Waals surface area (Å²) in [5, 5.41) is 20.2. The van der Waals surface area contributed by atoms with E-state index in [1.807, 2.05) is 0 Å². The summed E-state index contributed by atoms with van der Waals surface area (Å²) in [7, 11) is 0. The van der Waals surface area contributed by atoms with Crippen LogP contribution in [0.5, 0.6) is 5.88 Å². The molecule has 96 valence electrons. The van der Waals surface area contributed by atoms with Crippen molar-refractivity contribution in [1.29, 1.82) is 0 Å². The Hall–Kier alpha value is -2.48. The third kappa shape index (κ3) is 1.65. The summed E-state index contributed by atoms with van der Waals surface area (Å²) in [6, 6.07) is 3.93. The molecule has 2 heterocycles. The Morgan fingerprint density at radius 3 is 2.89 bits per heavy atom. The number of aromatic amines is 1. The summed E-state index contributed by atoms with van der Waals surface area (Å²) in [5.41, 5.74) is -1.28. The van der Waals surface area contributed by atoms with E-state index in [2.05, 4.69) is 20.5 Å². The lowest BCUT2D eigenvalue weighted by molar-refractivity contribution is 0.433. The van der Waals surface area contributed by atoms with Crippen LogP contribution in [-0.2, 0) is 0 Å². The van der Waals surface area contributed by atoms with E-state index in [9.17, 15) is 14.3 Å². The molecule has 2 N–H and O–H groups in total. The van der Waals surface area contributed by atoms with Crippen LogP contribution in [0.4, 0.5) is 4.39 Å². The van der Waals surface area contributed by atoms with E-state index >= 15 is 0 Å². The number of nitrogens with zero attached hydrogens (tertiary/aromatic N) is 4. The van der Waals surface area contributed by atoms with E-state index in [0.717, 1.165) is 10.6 Å². The summed E-state index contributed by atoms with van der Waals surface area (Å²) in [5.74, 6) is -1.38. The Balaban J connectivity index is 2.46. The van der Waals surface area contributed by atoms with Gasteiger partial charge in [0, 0.05) is 5.56 Å². The molecule has 0 aliphatic heterocycles. The van der Waals surface area contributed by atoms with Gasteiger partial charge in [0.05, 0.1) is 5.02 Å². The molecule has 0 aliphatic rings. The molecule has 9 heteroatoms. The van der Waals surface area contributed by atoms with Gasteiger partial charge in [-0.25, -0.2) is 4.39 Å². The van der Waals surface area contributed by atoms with E-state index < -0.39 is 17.3 Å². The van der Waals surface area contributed by atoms with Crippen LogP contribution in [-0.4, -0.2) is 30.1 Å². The van der Waals surface area contributed by atoms with E-state index in [4.69, 9.17) is 11.6 Å². The van der Waals surface area contributed by atoms with Gasteiger partial charge in [0.1, 0.15) is 11.4 Å². The van der Waals surface area contributed by atoms with Gasteiger partial charge < -0.3 is 5.11 Å². The largest absolute Gasteiger partial charge is 0.493 e. The van der Waals surface area contributed by atoms with Gasteiger partial charge in [-0.15, -0.1) is 4.52 Å². The number of halogens is 2. The summed E-state index contributed by atoms with van der Waals surface area (Å²) in [6.45, 7) is 0. The monoisotopic (exact) mass is 281 g/mol. The third-order valence-electron chi connectivity index (χ3n) is 2.56. The summed E-state index contributed by atoms with van der Waals surface area (Å²) in [6.07, 6.45) is 0. The molecule has 0 saturated heterocycles. The fourth-order valence-electron chi connectivity index (χ4n) is 1.74. The van der Waals surface area contributed by atoms with Gasteiger partial charge in [0.15, 0.2) is 0 Å². The summed E-state index contributed by atoms with van der Waals surface area (Å²) in [4.78, 5) is 14.2. The quantitative estimate of drug-likeness (QED) is 0.693. The molecule has 3 aromatic rings. The Morgan fingerprint density at radius 1 is 1.37 bits per heavy atom. The molecular weight excluding hydrogens is 277 g/mol. The normalized spacial score (nSPS) is 11.1. The topological polar surface area (TPSA) is 96.2 Å². The van der Waals surface area contributed by atoms with Crippen molar-refractivity contribution >= 4 is 17.4 Å². The SMILES string of the molecule is O=c1[nH]c2nnnn2c(O)c1-c1c(F)cccc1Cl. The summed E-state index contributed by atoms with van der Waals surface area (Å²) < 4.78 is 14.7. The van der Waals surface area contributed by atoms with Crippen molar-refractivity contribution in [2.24, 2.45) is 0 Å². The fourth-order valence-corrected chi connectivity index (χ4v) is 2.00. The lowest BCUT2D eigenvalue weighted by Crippen LogP contribution is -2.13. The van der Waals surface area contributed by atoms with Crippen molar-refractivity contribution in [3.05, 3.63) is 39.4 Å². The van der Waals surface area contributed by atoms with E-state index in [0.29, 0.717) is 0 Å². The van der Waals surface area contributed by atoms with Gasteiger partial charge in [0.2, 0.25) is 5.88 Å². The van der Waals surface area contributed by atoms with Crippen LogP contribution in [0.3, 0.4) is 0 Å². The first-order valence-electron chi connectivity index (χ1n) is 5.07. The van der Waals surface area contributed by atoms with Crippen molar-refractivity contribution in [2.75, 3.05) is 0 Å². The molecule has 2 aromatic heterocycles. The number of aromatic nitrogens is 5. The highest BCUT2D eigenvalue weighted by Gasteiger charge is 2.21. The van der Waals surface area contributed by atoms with Crippen LogP contribution in [0, 0.1) is 5.82 Å². The molecule has 19 heavy (non-hydrogen) atoms. The zero-order valence-corrected chi connectivity index (χ0v) is 9.89. The predicted octanol–water partition coefficient (Wildman–Crippen LogP) is 0.978. The first-order valence-corrected chi connectivity index (χ1v) is 5.45. The molecule has 0 fully saturated rings. The number of aromatic hydroxyl groups is 1. The van der Waals surface area contributed by atoms with Gasteiger partial charge >= 0.3 is 0 Å². The molecule has 0 amide bonds. The average molecular weight is 282 g/mol. The number of hydrogen-bond acceptors (Lipinski definition) is 5. The van der Waals surface area contributed by atoms with Crippen LogP contribution in [0.2, 0.25) is 5.02 Å². The van der Waals surface area contributed by atoms with Crippen molar-refractivity contribution in [3.8, 4) is 17.0 Å². The second-order valence-electron chi connectivity index (χ2n) is 3.66.